The molecule has 1 atom stereocenters. The van der Waals surface area contributed by atoms with E-state index < -0.39 is 0 Å². The maximum atomic E-state index is 13.7. The summed E-state index contributed by atoms with van der Waals surface area (Å²) in [4.78, 5) is 0. The van der Waals surface area contributed by atoms with Crippen LogP contribution in [0.15, 0.2) is 18.2 Å². The first-order chi connectivity index (χ1) is 7.85. The quantitative estimate of drug-likeness (QED) is 0.870. The molecule has 1 aromatic rings. The van der Waals surface area contributed by atoms with E-state index in [0.717, 1.165) is 12.8 Å². The molecule has 0 spiro atoms. The molecule has 2 nitrogen and oxygen atoms in total. The Labute approximate surface area is 103 Å². The Bertz CT molecular complexity index is 371. The van der Waals surface area contributed by atoms with Crippen molar-refractivity contribution in [1.29, 1.82) is 0 Å². The van der Waals surface area contributed by atoms with Crippen LogP contribution in [0.4, 0.5) is 4.39 Å². The molecule has 0 heterocycles. The highest BCUT2D eigenvalue weighted by molar-refractivity contribution is 5.37. The SMILES string of the molecule is COc1cccc(F)c1C(N)CCC(C)(C)C. The third-order valence-electron chi connectivity index (χ3n) is 2.81. The standard InChI is InChI=1S/C14H22FNO/c1-14(2,3)9-8-11(16)13-10(15)6-5-7-12(13)17-4/h5-7,11H,8-9,16H2,1-4H3. The van der Waals surface area contributed by atoms with Crippen LogP contribution >= 0.6 is 0 Å². The van der Waals surface area contributed by atoms with Gasteiger partial charge in [0.15, 0.2) is 0 Å². The summed E-state index contributed by atoms with van der Waals surface area (Å²) in [6, 6.07) is 4.49. The van der Waals surface area contributed by atoms with Crippen LogP contribution in [0.3, 0.4) is 0 Å². The summed E-state index contributed by atoms with van der Waals surface area (Å²) in [6.45, 7) is 6.45. The Morgan fingerprint density at radius 1 is 1.35 bits per heavy atom. The Balaban J connectivity index is 2.84. The van der Waals surface area contributed by atoms with E-state index >= 15 is 0 Å². The summed E-state index contributed by atoms with van der Waals surface area (Å²) in [5.74, 6) is 0.247. The first kappa shape index (κ1) is 14.0. The molecule has 0 aromatic heterocycles. The molecule has 0 saturated carbocycles. The Hall–Kier alpha value is -1.09. The molecule has 17 heavy (non-hydrogen) atoms. The van der Waals surface area contributed by atoms with Crippen molar-refractivity contribution in [2.24, 2.45) is 11.1 Å². The van der Waals surface area contributed by atoms with Gasteiger partial charge in [0, 0.05) is 11.6 Å². The van der Waals surface area contributed by atoms with Gasteiger partial charge < -0.3 is 10.5 Å². The minimum absolute atomic E-state index is 0.204. The van der Waals surface area contributed by atoms with Crippen molar-refractivity contribution in [1.82, 2.24) is 0 Å². The molecule has 0 aliphatic rings. The molecule has 96 valence electrons. The third-order valence-corrected chi connectivity index (χ3v) is 2.81. The summed E-state index contributed by atoms with van der Waals surface area (Å²) in [6.07, 6.45) is 1.70. The van der Waals surface area contributed by atoms with Gasteiger partial charge in [-0.05, 0) is 30.4 Å². The van der Waals surface area contributed by atoms with Crippen molar-refractivity contribution in [3.05, 3.63) is 29.6 Å². The van der Waals surface area contributed by atoms with Gasteiger partial charge in [0.05, 0.1) is 7.11 Å². The number of methoxy groups -OCH3 is 1. The molecule has 0 radical (unpaired) electrons. The Kier molecular flexibility index (Phi) is 4.52. The number of ether oxygens (including phenoxy) is 1. The first-order valence-electron chi connectivity index (χ1n) is 5.93. The molecule has 1 rings (SSSR count). The minimum Gasteiger partial charge on any atom is -0.496 e. The summed E-state index contributed by atoms with van der Waals surface area (Å²) >= 11 is 0. The van der Waals surface area contributed by atoms with E-state index in [1.54, 1.807) is 12.1 Å². The predicted molar refractivity (Wildman–Crippen MR) is 68.6 cm³/mol. The van der Waals surface area contributed by atoms with E-state index in [1.165, 1.54) is 13.2 Å². The van der Waals surface area contributed by atoms with E-state index in [9.17, 15) is 4.39 Å². The van der Waals surface area contributed by atoms with Crippen LogP contribution in [0.5, 0.6) is 5.75 Å². The van der Waals surface area contributed by atoms with Crippen LogP contribution in [0.2, 0.25) is 0 Å². The molecule has 0 bridgehead atoms. The van der Waals surface area contributed by atoms with Crippen molar-refractivity contribution >= 4 is 0 Å². The molecule has 2 N–H and O–H groups in total. The lowest BCUT2D eigenvalue weighted by Crippen LogP contribution is -2.16. The molecular formula is C14H22FNO. The second-order valence-corrected chi connectivity index (χ2v) is 5.56. The number of hydrogen-bond acceptors (Lipinski definition) is 2. The number of rotatable bonds is 4. The van der Waals surface area contributed by atoms with Gasteiger partial charge in [-0.15, -0.1) is 0 Å². The molecule has 1 unspecified atom stereocenters. The van der Waals surface area contributed by atoms with Crippen molar-refractivity contribution in [2.45, 2.75) is 39.7 Å². The molecular weight excluding hydrogens is 217 g/mol. The van der Waals surface area contributed by atoms with Gasteiger partial charge in [-0.3, -0.25) is 0 Å². The molecule has 0 fully saturated rings. The molecule has 0 amide bonds. The van der Waals surface area contributed by atoms with Gasteiger partial charge in [-0.25, -0.2) is 4.39 Å². The van der Waals surface area contributed by atoms with Crippen LogP contribution in [-0.2, 0) is 0 Å². The summed E-state index contributed by atoms with van der Waals surface area (Å²) in [7, 11) is 1.54. The zero-order valence-electron chi connectivity index (χ0n) is 11.1. The second kappa shape index (κ2) is 5.50. The summed E-state index contributed by atoms with van der Waals surface area (Å²) in [5.41, 5.74) is 6.75. The van der Waals surface area contributed by atoms with Crippen LogP contribution in [0.25, 0.3) is 0 Å². The minimum atomic E-state index is -0.314. The van der Waals surface area contributed by atoms with Gasteiger partial charge >= 0.3 is 0 Å². The van der Waals surface area contributed by atoms with Crippen molar-refractivity contribution in [2.75, 3.05) is 7.11 Å². The van der Waals surface area contributed by atoms with E-state index in [0.29, 0.717) is 11.3 Å². The maximum Gasteiger partial charge on any atom is 0.131 e. The fourth-order valence-electron chi connectivity index (χ4n) is 1.79. The maximum absolute atomic E-state index is 13.7. The lowest BCUT2D eigenvalue weighted by Gasteiger charge is -2.22. The smallest absolute Gasteiger partial charge is 0.131 e. The predicted octanol–water partition coefficient (Wildman–Crippen LogP) is 3.66. The van der Waals surface area contributed by atoms with Gasteiger partial charge in [0.1, 0.15) is 11.6 Å². The van der Waals surface area contributed by atoms with E-state index in [2.05, 4.69) is 20.8 Å². The van der Waals surface area contributed by atoms with Crippen molar-refractivity contribution < 1.29 is 9.13 Å². The average Bonchev–Trinajstić information content (AvgIpc) is 2.24. The van der Waals surface area contributed by atoms with Crippen molar-refractivity contribution in [3.8, 4) is 5.75 Å². The van der Waals surface area contributed by atoms with Gasteiger partial charge in [0.25, 0.3) is 0 Å². The number of nitrogens with two attached hydrogens (primary N) is 1. The largest absolute Gasteiger partial charge is 0.496 e. The van der Waals surface area contributed by atoms with Gasteiger partial charge in [-0.2, -0.15) is 0 Å². The second-order valence-electron chi connectivity index (χ2n) is 5.56. The number of benzene rings is 1. The first-order valence-corrected chi connectivity index (χ1v) is 5.93. The fourth-order valence-corrected chi connectivity index (χ4v) is 1.79. The van der Waals surface area contributed by atoms with Gasteiger partial charge in [-0.1, -0.05) is 26.8 Å². The van der Waals surface area contributed by atoms with Crippen molar-refractivity contribution in [3.63, 3.8) is 0 Å². The summed E-state index contributed by atoms with van der Waals surface area (Å²) in [5, 5.41) is 0. The molecule has 0 saturated heterocycles. The highest BCUT2D eigenvalue weighted by atomic mass is 19.1. The van der Waals surface area contributed by atoms with Crippen LogP contribution in [0.1, 0.15) is 45.2 Å². The number of halogens is 1. The molecule has 0 aliphatic heterocycles. The molecule has 0 aliphatic carbocycles. The molecule has 1 aromatic carbocycles. The van der Waals surface area contributed by atoms with Crippen LogP contribution in [-0.4, -0.2) is 7.11 Å². The summed E-state index contributed by atoms with van der Waals surface area (Å²) < 4.78 is 18.9. The lowest BCUT2D eigenvalue weighted by atomic mass is 9.87. The Morgan fingerprint density at radius 3 is 2.53 bits per heavy atom. The Morgan fingerprint density at radius 2 is 2.00 bits per heavy atom. The number of hydrogen-bond donors (Lipinski definition) is 1. The lowest BCUT2D eigenvalue weighted by molar-refractivity contribution is 0.341. The monoisotopic (exact) mass is 239 g/mol. The normalized spacial score (nSPS) is 13.5. The third kappa shape index (κ3) is 4.00. The highest BCUT2D eigenvalue weighted by Crippen LogP contribution is 2.32. The average molecular weight is 239 g/mol. The van der Waals surface area contributed by atoms with E-state index in [4.69, 9.17) is 10.5 Å². The zero-order valence-corrected chi connectivity index (χ0v) is 11.1. The fraction of sp³-hybridized carbons (Fsp3) is 0.571. The zero-order chi connectivity index (χ0) is 13.1. The van der Waals surface area contributed by atoms with Gasteiger partial charge in [0.2, 0.25) is 0 Å². The van der Waals surface area contributed by atoms with Crippen LogP contribution in [0, 0.1) is 11.2 Å². The van der Waals surface area contributed by atoms with E-state index in [1.807, 2.05) is 0 Å². The molecule has 3 heteroatoms. The van der Waals surface area contributed by atoms with Crippen LogP contribution < -0.4 is 10.5 Å². The highest BCUT2D eigenvalue weighted by Gasteiger charge is 2.19. The topological polar surface area (TPSA) is 35.2 Å². The van der Waals surface area contributed by atoms with E-state index in [-0.39, 0.29) is 17.3 Å².